The van der Waals surface area contributed by atoms with Crippen molar-refractivity contribution in [3.05, 3.63) is 30.4 Å². The lowest BCUT2D eigenvalue weighted by Gasteiger charge is -2.17. The van der Waals surface area contributed by atoms with Crippen LogP contribution in [-0.4, -0.2) is 50.7 Å². The number of likely N-dealkylation sites (tertiary alicyclic amines) is 1. The van der Waals surface area contributed by atoms with E-state index in [0.717, 1.165) is 46.9 Å². The van der Waals surface area contributed by atoms with Crippen molar-refractivity contribution in [2.24, 2.45) is 0 Å². The summed E-state index contributed by atoms with van der Waals surface area (Å²) in [5.74, 6) is 0.203. The van der Waals surface area contributed by atoms with Gasteiger partial charge in [-0.1, -0.05) is 6.92 Å². The maximum atomic E-state index is 12.2. The number of nitrogens with one attached hydrogen (secondary N) is 2. The lowest BCUT2D eigenvalue weighted by Crippen LogP contribution is -2.38. The molecule has 1 aliphatic rings. The fourth-order valence-corrected chi connectivity index (χ4v) is 3.41. The van der Waals surface area contributed by atoms with Gasteiger partial charge < -0.3 is 15.2 Å². The summed E-state index contributed by atoms with van der Waals surface area (Å²) in [6.07, 6.45) is 7.31. The molecular weight excluding hydrogens is 304 g/mol. The van der Waals surface area contributed by atoms with E-state index in [9.17, 15) is 4.79 Å². The number of H-pyrrole nitrogens is 1. The highest BCUT2D eigenvalue weighted by atomic mass is 16.2. The summed E-state index contributed by atoms with van der Waals surface area (Å²) in [5.41, 5.74) is 1.82. The van der Waals surface area contributed by atoms with Gasteiger partial charge in [-0.3, -0.25) is 0 Å². The molecule has 3 aromatic rings. The van der Waals surface area contributed by atoms with Crippen molar-refractivity contribution >= 4 is 27.8 Å². The number of pyridine rings is 1. The minimum Gasteiger partial charge on any atom is -0.346 e. The summed E-state index contributed by atoms with van der Waals surface area (Å²) in [5, 5.41) is 14.7. The van der Waals surface area contributed by atoms with Crippen molar-refractivity contribution in [2.75, 3.05) is 19.6 Å². The maximum absolute atomic E-state index is 12.2. The zero-order chi connectivity index (χ0) is 16.5. The topological polar surface area (TPSA) is 86.8 Å². The van der Waals surface area contributed by atoms with Crippen molar-refractivity contribution in [1.82, 2.24) is 30.4 Å². The lowest BCUT2D eigenvalue weighted by atomic mass is 9.98. The van der Waals surface area contributed by atoms with E-state index in [1.807, 2.05) is 23.4 Å². The summed E-state index contributed by atoms with van der Waals surface area (Å²) >= 11 is 0. The molecule has 0 saturated carbocycles. The molecule has 2 amide bonds. The molecule has 1 fully saturated rings. The maximum Gasteiger partial charge on any atom is 0.317 e. The quantitative estimate of drug-likeness (QED) is 0.774. The number of fused-ring (bicyclic) bond motifs is 3. The second-order valence-corrected chi connectivity index (χ2v) is 6.22. The average molecular weight is 324 g/mol. The standard InChI is InChI=1S/C17H20N6O/c1-2-5-19-17(24)23-7-4-11(10-23)15-14-12(9-21-22-15)8-20-16-13(14)3-6-18-16/h3,6,8-9,11H,2,4-5,7,10H2,1H3,(H,18,20)(H,19,24). The van der Waals surface area contributed by atoms with E-state index in [4.69, 9.17) is 0 Å². The molecule has 0 spiro atoms. The first kappa shape index (κ1) is 14.9. The molecule has 24 heavy (non-hydrogen) atoms. The van der Waals surface area contributed by atoms with Gasteiger partial charge in [0.2, 0.25) is 0 Å². The fraction of sp³-hybridized carbons (Fsp3) is 0.412. The van der Waals surface area contributed by atoms with Crippen LogP contribution in [0, 0.1) is 0 Å². The molecule has 0 bridgehead atoms. The van der Waals surface area contributed by atoms with Crippen molar-refractivity contribution in [3.63, 3.8) is 0 Å². The van der Waals surface area contributed by atoms with Gasteiger partial charge in [0.05, 0.1) is 11.9 Å². The molecule has 4 rings (SSSR count). The van der Waals surface area contributed by atoms with E-state index in [0.29, 0.717) is 13.1 Å². The summed E-state index contributed by atoms with van der Waals surface area (Å²) in [4.78, 5) is 21.6. The van der Waals surface area contributed by atoms with Crippen LogP contribution in [0.25, 0.3) is 21.8 Å². The Bertz CT molecular complexity index is 889. The van der Waals surface area contributed by atoms with Crippen LogP contribution in [0.4, 0.5) is 4.79 Å². The van der Waals surface area contributed by atoms with Gasteiger partial charge in [0.15, 0.2) is 0 Å². The summed E-state index contributed by atoms with van der Waals surface area (Å²) in [6, 6.07) is 2.04. The number of nitrogens with zero attached hydrogens (tertiary/aromatic N) is 4. The molecule has 3 aromatic heterocycles. The first-order valence-electron chi connectivity index (χ1n) is 8.38. The average Bonchev–Trinajstić information content (AvgIpc) is 3.28. The second-order valence-electron chi connectivity index (χ2n) is 6.22. The van der Waals surface area contributed by atoms with Crippen LogP contribution < -0.4 is 5.32 Å². The Hall–Kier alpha value is -2.70. The zero-order valence-electron chi connectivity index (χ0n) is 13.6. The first-order valence-corrected chi connectivity index (χ1v) is 8.38. The molecule has 124 valence electrons. The number of rotatable bonds is 3. The Kier molecular flexibility index (Phi) is 3.76. The van der Waals surface area contributed by atoms with E-state index < -0.39 is 0 Å². The highest BCUT2D eigenvalue weighted by Crippen LogP contribution is 2.33. The van der Waals surface area contributed by atoms with Gasteiger partial charge in [-0.15, -0.1) is 0 Å². The minimum absolute atomic E-state index is 0.0148. The predicted molar refractivity (Wildman–Crippen MR) is 91.8 cm³/mol. The smallest absolute Gasteiger partial charge is 0.317 e. The third-order valence-corrected chi connectivity index (χ3v) is 4.62. The molecule has 0 aliphatic carbocycles. The van der Waals surface area contributed by atoms with Crippen LogP contribution in [0.15, 0.2) is 24.7 Å². The monoisotopic (exact) mass is 324 g/mol. The van der Waals surface area contributed by atoms with Gasteiger partial charge in [0.1, 0.15) is 5.65 Å². The summed E-state index contributed by atoms with van der Waals surface area (Å²) in [6.45, 7) is 4.19. The number of aromatic nitrogens is 4. The van der Waals surface area contributed by atoms with E-state index in [1.165, 1.54) is 0 Å². The van der Waals surface area contributed by atoms with Crippen LogP contribution >= 0.6 is 0 Å². The van der Waals surface area contributed by atoms with Crippen molar-refractivity contribution < 1.29 is 4.79 Å². The van der Waals surface area contributed by atoms with Crippen molar-refractivity contribution in [2.45, 2.75) is 25.7 Å². The molecule has 0 radical (unpaired) electrons. The number of carbonyl (C=O) groups excluding carboxylic acids is 1. The third kappa shape index (κ3) is 2.46. The second kappa shape index (κ2) is 6.07. The minimum atomic E-state index is 0.0148. The lowest BCUT2D eigenvalue weighted by molar-refractivity contribution is 0.208. The SMILES string of the molecule is CCCNC(=O)N1CCC(c2nncc3cnc4[nH]ccc4c23)C1. The number of hydrogen-bond acceptors (Lipinski definition) is 4. The van der Waals surface area contributed by atoms with Crippen LogP contribution in [-0.2, 0) is 0 Å². The van der Waals surface area contributed by atoms with E-state index in [1.54, 1.807) is 6.20 Å². The normalized spacial score (nSPS) is 17.7. The van der Waals surface area contributed by atoms with Crippen LogP contribution in [0.2, 0.25) is 0 Å². The van der Waals surface area contributed by atoms with Gasteiger partial charge in [0, 0.05) is 54.1 Å². The van der Waals surface area contributed by atoms with Gasteiger partial charge >= 0.3 is 6.03 Å². The molecule has 0 aromatic carbocycles. The number of urea groups is 1. The van der Waals surface area contributed by atoms with E-state index in [-0.39, 0.29) is 11.9 Å². The largest absolute Gasteiger partial charge is 0.346 e. The van der Waals surface area contributed by atoms with Crippen LogP contribution in [0.5, 0.6) is 0 Å². The Labute approximate surface area is 139 Å². The molecule has 1 aliphatic heterocycles. The van der Waals surface area contributed by atoms with Gasteiger partial charge in [0.25, 0.3) is 0 Å². The first-order chi connectivity index (χ1) is 11.8. The third-order valence-electron chi connectivity index (χ3n) is 4.62. The predicted octanol–water partition coefficient (Wildman–Crippen LogP) is 2.42. The van der Waals surface area contributed by atoms with Crippen molar-refractivity contribution in [3.8, 4) is 0 Å². The number of amides is 2. The molecule has 1 unspecified atom stereocenters. The highest BCUT2D eigenvalue weighted by molar-refractivity contribution is 6.05. The van der Waals surface area contributed by atoms with Gasteiger partial charge in [-0.05, 0) is 18.9 Å². The molecule has 7 nitrogen and oxygen atoms in total. The molecule has 2 N–H and O–H groups in total. The fourth-order valence-electron chi connectivity index (χ4n) is 3.41. The molecule has 1 atom stereocenters. The molecular formula is C17H20N6O. The molecule has 1 saturated heterocycles. The number of aromatic amines is 1. The van der Waals surface area contributed by atoms with Gasteiger partial charge in [-0.25, -0.2) is 9.78 Å². The van der Waals surface area contributed by atoms with E-state index >= 15 is 0 Å². The summed E-state index contributed by atoms with van der Waals surface area (Å²) < 4.78 is 0. The number of hydrogen-bond donors (Lipinski definition) is 2. The molecule has 7 heteroatoms. The molecule has 4 heterocycles. The Balaban J connectivity index is 1.67. The Morgan fingerprint density at radius 2 is 2.38 bits per heavy atom. The Morgan fingerprint density at radius 1 is 1.46 bits per heavy atom. The van der Waals surface area contributed by atoms with Crippen LogP contribution in [0.1, 0.15) is 31.4 Å². The highest BCUT2D eigenvalue weighted by Gasteiger charge is 2.30. The van der Waals surface area contributed by atoms with Crippen molar-refractivity contribution in [1.29, 1.82) is 0 Å². The Morgan fingerprint density at radius 3 is 3.25 bits per heavy atom. The van der Waals surface area contributed by atoms with Crippen LogP contribution in [0.3, 0.4) is 0 Å². The summed E-state index contributed by atoms with van der Waals surface area (Å²) in [7, 11) is 0. The van der Waals surface area contributed by atoms with E-state index in [2.05, 4.69) is 32.4 Å². The zero-order valence-corrected chi connectivity index (χ0v) is 13.6. The number of carbonyl (C=O) groups is 1. The van der Waals surface area contributed by atoms with Gasteiger partial charge in [-0.2, -0.15) is 10.2 Å².